The molecule has 1 amide bonds. The number of rotatable bonds is 6. The normalized spacial score (nSPS) is 21.4. The van der Waals surface area contributed by atoms with E-state index < -0.39 is 26.3 Å². The van der Waals surface area contributed by atoms with Crippen LogP contribution in [-0.4, -0.2) is 81.6 Å². The highest BCUT2D eigenvalue weighted by molar-refractivity contribution is 7.89. The van der Waals surface area contributed by atoms with Crippen molar-refractivity contribution < 1.29 is 21.6 Å². The number of anilines is 1. The van der Waals surface area contributed by atoms with Crippen molar-refractivity contribution in [1.82, 2.24) is 13.5 Å². The van der Waals surface area contributed by atoms with E-state index in [2.05, 4.69) is 5.32 Å². The zero-order valence-corrected chi connectivity index (χ0v) is 19.4. The summed E-state index contributed by atoms with van der Waals surface area (Å²) in [5.74, 6) is -0.243. The fourth-order valence-corrected chi connectivity index (χ4v) is 6.08. The average molecular weight is 474 g/mol. The van der Waals surface area contributed by atoms with Gasteiger partial charge in [0.1, 0.15) is 0 Å². The third kappa shape index (κ3) is 6.02. The highest BCUT2D eigenvalue weighted by Crippen LogP contribution is 2.19. The second-order valence-electron chi connectivity index (χ2n) is 7.99. The Hall–Kier alpha value is -1.57. The van der Waals surface area contributed by atoms with Crippen LogP contribution in [0.3, 0.4) is 0 Å². The van der Waals surface area contributed by atoms with Gasteiger partial charge < -0.3 is 5.32 Å². The Bertz CT molecular complexity index is 965. The summed E-state index contributed by atoms with van der Waals surface area (Å²) in [6.07, 6.45) is 3.93. The molecule has 10 nitrogen and oxygen atoms in total. The van der Waals surface area contributed by atoms with E-state index in [4.69, 9.17) is 5.14 Å². The Morgan fingerprint density at radius 2 is 1.39 bits per heavy atom. The van der Waals surface area contributed by atoms with Gasteiger partial charge in [-0.1, -0.05) is 12.8 Å². The SMILES string of the molecule is CC(C(=O)Nc1ccc(S(N)(=O)=O)cc1)N1CCN(S(=O)(=O)N2CCCCCC2)CC1. The number of carbonyl (C=O) groups excluding carboxylic acids is 1. The van der Waals surface area contributed by atoms with Crippen LogP contribution < -0.4 is 10.5 Å². The first kappa shape index (κ1) is 24.1. The van der Waals surface area contributed by atoms with Gasteiger partial charge in [0.2, 0.25) is 15.9 Å². The van der Waals surface area contributed by atoms with E-state index in [9.17, 15) is 21.6 Å². The lowest BCUT2D eigenvalue weighted by Gasteiger charge is -2.38. The van der Waals surface area contributed by atoms with Gasteiger partial charge in [0.15, 0.2) is 0 Å². The van der Waals surface area contributed by atoms with Gasteiger partial charge >= 0.3 is 0 Å². The monoisotopic (exact) mass is 473 g/mol. The van der Waals surface area contributed by atoms with Gasteiger partial charge in [-0.15, -0.1) is 0 Å². The summed E-state index contributed by atoms with van der Waals surface area (Å²) in [6.45, 7) is 4.54. The maximum Gasteiger partial charge on any atom is 0.282 e. The van der Waals surface area contributed by atoms with Gasteiger partial charge in [-0.3, -0.25) is 9.69 Å². The Labute approximate surface area is 184 Å². The average Bonchev–Trinajstić information content (AvgIpc) is 3.03. The molecular formula is C19H31N5O5S2. The van der Waals surface area contributed by atoms with Crippen molar-refractivity contribution in [3.05, 3.63) is 24.3 Å². The first-order valence-electron chi connectivity index (χ1n) is 10.5. The molecule has 0 aliphatic carbocycles. The van der Waals surface area contributed by atoms with Crippen molar-refractivity contribution in [2.45, 2.75) is 43.5 Å². The number of primary sulfonamides is 1. The summed E-state index contributed by atoms with van der Waals surface area (Å²) in [5, 5.41) is 7.84. The van der Waals surface area contributed by atoms with Crippen molar-refractivity contribution >= 4 is 31.8 Å². The van der Waals surface area contributed by atoms with Crippen LogP contribution in [0.4, 0.5) is 5.69 Å². The molecule has 3 N–H and O–H groups in total. The van der Waals surface area contributed by atoms with Gasteiger partial charge in [0.05, 0.1) is 10.9 Å². The lowest BCUT2D eigenvalue weighted by Crippen LogP contribution is -2.56. The molecule has 3 rings (SSSR count). The molecule has 2 saturated heterocycles. The molecule has 2 fully saturated rings. The standard InChI is InChI=1S/C19H31N5O5S2/c1-16(19(25)21-17-6-8-18(9-7-17)30(20,26)27)22-12-14-24(15-13-22)31(28,29)23-10-4-2-3-5-11-23/h6-9,16H,2-5,10-15H2,1H3,(H,21,25)(H2,20,26,27). The van der Waals surface area contributed by atoms with E-state index >= 15 is 0 Å². The summed E-state index contributed by atoms with van der Waals surface area (Å²) in [4.78, 5) is 14.5. The van der Waals surface area contributed by atoms with Gasteiger partial charge in [0, 0.05) is 45.0 Å². The summed E-state index contributed by atoms with van der Waals surface area (Å²) >= 11 is 0. The van der Waals surface area contributed by atoms with E-state index in [0.717, 1.165) is 25.7 Å². The molecule has 0 saturated carbocycles. The molecule has 12 heteroatoms. The second kappa shape index (κ2) is 9.92. The predicted octanol–water partition coefficient (Wildman–Crippen LogP) is 0.399. The minimum atomic E-state index is -3.79. The summed E-state index contributed by atoms with van der Waals surface area (Å²) in [7, 11) is -7.25. The smallest absolute Gasteiger partial charge is 0.282 e. The molecule has 1 unspecified atom stereocenters. The molecule has 1 aromatic rings. The van der Waals surface area contributed by atoms with Crippen molar-refractivity contribution in [2.24, 2.45) is 5.14 Å². The van der Waals surface area contributed by atoms with Crippen molar-refractivity contribution in [2.75, 3.05) is 44.6 Å². The quantitative estimate of drug-likeness (QED) is 0.614. The Kier molecular flexibility index (Phi) is 7.71. The molecule has 2 heterocycles. The topological polar surface area (TPSA) is 133 Å². The zero-order chi connectivity index (χ0) is 22.6. The number of hydrogen-bond donors (Lipinski definition) is 2. The van der Waals surface area contributed by atoms with Crippen LogP contribution in [0.2, 0.25) is 0 Å². The van der Waals surface area contributed by atoms with E-state index in [1.807, 2.05) is 4.90 Å². The number of carbonyl (C=O) groups is 1. The highest BCUT2D eigenvalue weighted by atomic mass is 32.2. The number of nitrogens with zero attached hydrogens (tertiary/aromatic N) is 3. The third-order valence-electron chi connectivity index (χ3n) is 5.87. The predicted molar refractivity (Wildman–Crippen MR) is 118 cm³/mol. The van der Waals surface area contributed by atoms with Gasteiger partial charge in [-0.25, -0.2) is 13.6 Å². The van der Waals surface area contributed by atoms with E-state index in [0.29, 0.717) is 45.0 Å². The van der Waals surface area contributed by atoms with E-state index in [1.54, 1.807) is 11.2 Å². The summed E-state index contributed by atoms with van der Waals surface area (Å²) < 4.78 is 51.7. The van der Waals surface area contributed by atoms with Crippen LogP contribution in [-0.2, 0) is 25.0 Å². The van der Waals surface area contributed by atoms with Crippen LogP contribution >= 0.6 is 0 Å². The number of sulfonamides is 1. The minimum absolute atomic E-state index is 0.0275. The fraction of sp³-hybridized carbons (Fsp3) is 0.632. The molecular weight excluding hydrogens is 442 g/mol. The molecule has 2 aliphatic rings. The maximum absolute atomic E-state index is 12.9. The number of benzene rings is 1. The van der Waals surface area contributed by atoms with Crippen LogP contribution in [0.25, 0.3) is 0 Å². The summed E-state index contributed by atoms with van der Waals surface area (Å²) in [5.41, 5.74) is 0.464. The largest absolute Gasteiger partial charge is 0.325 e. The Morgan fingerprint density at radius 1 is 0.871 bits per heavy atom. The molecule has 1 aromatic carbocycles. The molecule has 31 heavy (non-hydrogen) atoms. The van der Waals surface area contributed by atoms with Gasteiger partial charge in [0.25, 0.3) is 10.2 Å². The van der Waals surface area contributed by atoms with Crippen LogP contribution in [0.1, 0.15) is 32.6 Å². The zero-order valence-electron chi connectivity index (χ0n) is 17.7. The Balaban J connectivity index is 1.54. The van der Waals surface area contributed by atoms with Crippen LogP contribution in [0, 0.1) is 0 Å². The summed E-state index contributed by atoms with van der Waals surface area (Å²) in [6, 6.07) is 5.18. The number of nitrogens with two attached hydrogens (primary N) is 1. The number of hydrogen-bond acceptors (Lipinski definition) is 6. The molecule has 0 spiro atoms. The molecule has 1 atom stereocenters. The highest BCUT2D eigenvalue weighted by Gasteiger charge is 2.34. The lowest BCUT2D eigenvalue weighted by molar-refractivity contribution is -0.121. The molecule has 0 radical (unpaired) electrons. The number of piperazine rings is 1. The second-order valence-corrected chi connectivity index (χ2v) is 11.5. The minimum Gasteiger partial charge on any atom is -0.325 e. The van der Waals surface area contributed by atoms with E-state index in [-0.39, 0.29) is 10.8 Å². The van der Waals surface area contributed by atoms with Crippen LogP contribution in [0.15, 0.2) is 29.2 Å². The lowest BCUT2D eigenvalue weighted by atomic mass is 10.2. The first-order chi connectivity index (χ1) is 14.6. The molecule has 2 aliphatic heterocycles. The maximum atomic E-state index is 12.9. The molecule has 0 aromatic heterocycles. The van der Waals surface area contributed by atoms with Crippen molar-refractivity contribution in [3.63, 3.8) is 0 Å². The fourth-order valence-electron chi connectivity index (χ4n) is 3.90. The molecule has 0 bridgehead atoms. The van der Waals surface area contributed by atoms with Gasteiger partial charge in [-0.05, 0) is 44.0 Å². The Morgan fingerprint density at radius 3 is 1.90 bits per heavy atom. The number of amides is 1. The van der Waals surface area contributed by atoms with Gasteiger partial charge in [-0.2, -0.15) is 17.0 Å². The van der Waals surface area contributed by atoms with Crippen molar-refractivity contribution in [1.29, 1.82) is 0 Å². The van der Waals surface area contributed by atoms with Crippen LogP contribution in [0.5, 0.6) is 0 Å². The molecule has 174 valence electrons. The third-order valence-corrected chi connectivity index (χ3v) is 8.83. The number of nitrogens with one attached hydrogen (secondary N) is 1. The first-order valence-corrected chi connectivity index (χ1v) is 13.5. The van der Waals surface area contributed by atoms with E-state index in [1.165, 1.54) is 28.6 Å². The van der Waals surface area contributed by atoms with Crippen molar-refractivity contribution in [3.8, 4) is 0 Å².